The van der Waals surface area contributed by atoms with E-state index in [0.717, 1.165) is 12.8 Å². The Hall–Kier alpha value is -1.99. The van der Waals surface area contributed by atoms with Gasteiger partial charge < -0.3 is 63.6 Å². The van der Waals surface area contributed by atoms with Crippen molar-refractivity contribution in [2.75, 3.05) is 75.1 Å². The van der Waals surface area contributed by atoms with Crippen LogP contribution < -0.4 is 5.32 Å². The van der Waals surface area contributed by atoms with Crippen molar-refractivity contribution in [2.24, 2.45) is 17.8 Å². The van der Waals surface area contributed by atoms with Crippen LogP contribution in [0.3, 0.4) is 0 Å². The van der Waals surface area contributed by atoms with Gasteiger partial charge in [0, 0.05) is 71.2 Å². The molecule has 4 aliphatic rings. The van der Waals surface area contributed by atoms with Crippen LogP contribution in [0.1, 0.15) is 93.4 Å². The normalized spacial score (nSPS) is 40.7. The molecule has 0 aromatic heterocycles. The first-order chi connectivity index (χ1) is 27.6. The maximum Gasteiger partial charge on any atom is 0.234 e. The van der Waals surface area contributed by atoms with Crippen molar-refractivity contribution in [3.05, 3.63) is 0 Å². The second-order valence-electron chi connectivity index (χ2n) is 19.1. The molecule has 4 aliphatic heterocycles. The topological polar surface area (TPSA) is 172 Å². The van der Waals surface area contributed by atoms with Gasteiger partial charge in [0.2, 0.25) is 17.7 Å². The molecule has 16 heteroatoms. The largest absolute Gasteiger partial charge is 0.387 e. The van der Waals surface area contributed by atoms with E-state index < -0.39 is 66.1 Å². The predicted molar refractivity (Wildman–Crippen MR) is 222 cm³/mol. The molecule has 4 saturated heterocycles. The van der Waals surface area contributed by atoms with Crippen molar-refractivity contribution in [3.8, 4) is 0 Å². The van der Waals surface area contributed by atoms with E-state index >= 15 is 0 Å². The maximum absolute atomic E-state index is 14.7. The van der Waals surface area contributed by atoms with Crippen molar-refractivity contribution in [2.45, 2.75) is 166 Å². The molecule has 0 aromatic carbocycles. The fourth-order valence-corrected chi connectivity index (χ4v) is 9.86. The number of hydrogen-bond donors (Lipinski definition) is 3. The molecule has 342 valence electrons. The van der Waals surface area contributed by atoms with Crippen LogP contribution in [-0.2, 0) is 42.8 Å². The fourth-order valence-electron chi connectivity index (χ4n) is 9.86. The molecule has 15 atom stereocenters. The predicted octanol–water partition coefficient (Wildman–Crippen LogP) is 2.08. The highest BCUT2D eigenvalue weighted by Crippen LogP contribution is 2.40. The highest BCUT2D eigenvalue weighted by Gasteiger charge is 2.52. The van der Waals surface area contributed by atoms with Gasteiger partial charge in [-0.15, -0.1) is 0 Å². The van der Waals surface area contributed by atoms with Gasteiger partial charge in [0.05, 0.1) is 48.1 Å². The molecule has 3 amide bonds. The zero-order valence-corrected chi connectivity index (χ0v) is 38.3. The molecule has 4 rings (SSSR count). The van der Waals surface area contributed by atoms with E-state index in [4.69, 9.17) is 28.4 Å². The van der Waals surface area contributed by atoms with Crippen LogP contribution in [0.25, 0.3) is 0 Å². The summed E-state index contributed by atoms with van der Waals surface area (Å²) in [5.74, 6) is -1.73. The van der Waals surface area contributed by atoms with Gasteiger partial charge in [-0.1, -0.05) is 20.8 Å². The number of rotatable bonds is 13. The van der Waals surface area contributed by atoms with Crippen molar-refractivity contribution < 1.29 is 53.0 Å². The van der Waals surface area contributed by atoms with Crippen LogP contribution in [0.4, 0.5) is 0 Å². The summed E-state index contributed by atoms with van der Waals surface area (Å²) in [6, 6.07) is -0.333. The van der Waals surface area contributed by atoms with E-state index in [2.05, 4.69) is 10.2 Å². The summed E-state index contributed by atoms with van der Waals surface area (Å²) in [5, 5.41) is 26.7. The Labute approximate surface area is 353 Å². The summed E-state index contributed by atoms with van der Waals surface area (Å²) >= 11 is 0. The Morgan fingerprint density at radius 3 is 2.36 bits per heavy atom. The van der Waals surface area contributed by atoms with Gasteiger partial charge >= 0.3 is 0 Å². The zero-order valence-electron chi connectivity index (χ0n) is 38.3. The molecule has 0 unspecified atom stereocenters. The minimum Gasteiger partial charge on any atom is -0.387 e. The quantitative estimate of drug-likeness (QED) is 0.231. The molecule has 0 radical (unpaired) electrons. The number of likely N-dealkylation sites (N-methyl/N-ethyl adjacent to an activating group) is 2. The average Bonchev–Trinajstić information content (AvgIpc) is 3.61. The standard InChI is InChI=1S/C43H79N5O11/c1-26-22-42(6,53)39(59-41-37(32(46(10)11)20-27(2)56-41)55-19-15-17-44-33(49)25-45(8)9)28(3)36(58-35-23-43(7,54-13)38(51)30(5)57-35)29(4)40(52)48-18-14-16-31(48)21-34(50)47(12)24-26/h26-32,35-39,41,51,53H,14-25H2,1-13H3,(H,44,49)/t26-,27-,28+,29-,30+,31+,32+,35+,36+,37-,38+,39-,41+,42-,43-/m1/s1. The van der Waals surface area contributed by atoms with Crippen molar-refractivity contribution >= 4 is 17.7 Å². The first-order valence-corrected chi connectivity index (χ1v) is 21.9. The smallest absolute Gasteiger partial charge is 0.234 e. The molecule has 3 N–H and O–H groups in total. The van der Waals surface area contributed by atoms with Crippen molar-refractivity contribution in [1.29, 1.82) is 0 Å². The zero-order chi connectivity index (χ0) is 44.0. The number of carbonyl (C=O) groups is 3. The molecular formula is C43H79N5O11. The summed E-state index contributed by atoms with van der Waals surface area (Å²) in [5.41, 5.74) is -2.49. The summed E-state index contributed by atoms with van der Waals surface area (Å²) in [7, 11) is 11.0. The second-order valence-corrected chi connectivity index (χ2v) is 19.1. The van der Waals surface area contributed by atoms with Gasteiger partial charge in [-0.05, 0) is 93.9 Å². The number of ether oxygens (including phenoxy) is 6. The minimum absolute atomic E-state index is 0.0431. The molecule has 0 aromatic rings. The third kappa shape index (κ3) is 12.8. The maximum atomic E-state index is 14.7. The Morgan fingerprint density at radius 1 is 1.02 bits per heavy atom. The van der Waals surface area contributed by atoms with Crippen LogP contribution in [0, 0.1) is 17.8 Å². The molecule has 0 saturated carbocycles. The van der Waals surface area contributed by atoms with E-state index in [1.807, 2.05) is 72.6 Å². The third-order valence-corrected chi connectivity index (χ3v) is 13.1. The van der Waals surface area contributed by atoms with E-state index in [1.54, 1.807) is 32.9 Å². The summed E-state index contributed by atoms with van der Waals surface area (Å²) in [6.45, 7) is 15.2. The van der Waals surface area contributed by atoms with Gasteiger partial charge in [0.15, 0.2) is 12.6 Å². The van der Waals surface area contributed by atoms with Crippen LogP contribution in [0.2, 0.25) is 0 Å². The molecule has 0 bridgehead atoms. The van der Waals surface area contributed by atoms with Gasteiger partial charge in [0.25, 0.3) is 0 Å². The van der Waals surface area contributed by atoms with E-state index in [0.29, 0.717) is 45.6 Å². The molecule has 16 nitrogen and oxygen atoms in total. The lowest BCUT2D eigenvalue weighted by Crippen LogP contribution is -2.61. The van der Waals surface area contributed by atoms with Crippen molar-refractivity contribution in [1.82, 2.24) is 24.9 Å². The Morgan fingerprint density at radius 2 is 1.71 bits per heavy atom. The number of amides is 3. The number of nitrogens with zero attached hydrogens (tertiary/aromatic N) is 4. The lowest BCUT2D eigenvalue weighted by Gasteiger charge is -2.49. The minimum atomic E-state index is -1.51. The van der Waals surface area contributed by atoms with Crippen LogP contribution in [0.15, 0.2) is 0 Å². The molecule has 0 aliphatic carbocycles. The number of carbonyl (C=O) groups excluding carboxylic acids is 3. The number of hydrogen-bond acceptors (Lipinski definition) is 13. The number of methoxy groups -OCH3 is 1. The third-order valence-electron chi connectivity index (χ3n) is 13.1. The van der Waals surface area contributed by atoms with E-state index in [-0.39, 0.29) is 61.1 Å². The van der Waals surface area contributed by atoms with E-state index in [1.165, 1.54) is 0 Å². The number of aliphatic hydroxyl groups excluding tert-OH is 1. The monoisotopic (exact) mass is 842 g/mol. The fraction of sp³-hybridized carbons (Fsp3) is 0.930. The lowest BCUT2D eigenvalue weighted by atomic mass is 9.77. The lowest BCUT2D eigenvalue weighted by molar-refractivity contribution is -0.321. The Kier molecular flexibility index (Phi) is 18.0. The van der Waals surface area contributed by atoms with Gasteiger partial charge in [-0.2, -0.15) is 0 Å². The average molecular weight is 842 g/mol. The molecular weight excluding hydrogens is 762 g/mol. The summed E-state index contributed by atoms with van der Waals surface area (Å²) in [6.07, 6.45) is -2.41. The van der Waals surface area contributed by atoms with E-state index in [9.17, 15) is 24.6 Å². The molecule has 0 spiro atoms. The van der Waals surface area contributed by atoms with Crippen LogP contribution in [0.5, 0.6) is 0 Å². The second kappa shape index (κ2) is 21.4. The van der Waals surface area contributed by atoms with Crippen molar-refractivity contribution in [3.63, 3.8) is 0 Å². The SMILES string of the molecule is CO[C@]1(C)C[C@H](O[C@H]2[C@H](C)[C@@H](O[C@@H]3O[C@H](C)C[C@H](N(C)C)[C@H]3OCCCNC(=O)CN(C)C)[C@](C)(O)C[C@@H](C)CN(C)C(=O)C[C@@H]3CCCN3C(=O)[C@@H]2C)O[C@@H](C)[C@@H]1O. The number of aliphatic hydroxyl groups is 2. The highest BCUT2D eigenvalue weighted by molar-refractivity contribution is 5.82. The van der Waals surface area contributed by atoms with Crippen LogP contribution in [-0.4, -0.2) is 195 Å². The summed E-state index contributed by atoms with van der Waals surface area (Å²) in [4.78, 5) is 48.0. The first kappa shape index (κ1) is 49.7. The Bertz CT molecular complexity index is 1370. The van der Waals surface area contributed by atoms with Gasteiger partial charge in [0.1, 0.15) is 12.2 Å². The molecule has 4 fully saturated rings. The first-order valence-electron chi connectivity index (χ1n) is 21.9. The Balaban J connectivity index is 1.74. The van der Waals surface area contributed by atoms with Crippen LogP contribution >= 0.6 is 0 Å². The number of fused-ring (bicyclic) bond motifs is 1. The number of nitrogens with one attached hydrogen (secondary N) is 1. The van der Waals surface area contributed by atoms with Gasteiger partial charge in [-0.3, -0.25) is 14.4 Å². The van der Waals surface area contributed by atoms with Gasteiger partial charge in [-0.25, -0.2) is 0 Å². The summed E-state index contributed by atoms with van der Waals surface area (Å²) < 4.78 is 39.3. The molecule has 59 heavy (non-hydrogen) atoms. The molecule has 4 heterocycles. The highest BCUT2D eigenvalue weighted by atomic mass is 16.7.